The predicted molar refractivity (Wildman–Crippen MR) is 385 cm³/mol. The van der Waals surface area contributed by atoms with Gasteiger partial charge in [-0.15, -0.1) is 0 Å². The van der Waals surface area contributed by atoms with E-state index in [4.69, 9.17) is 42.6 Å². The van der Waals surface area contributed by atoms with Gasteiger partial charge in [-0.05, 0) is 169 Å². The quantitative estimate of drug-likeness (QED) is 0.0247. The van der Waals surface area contributed by atoms with Gasteiger partial charge < -0.3 is 79.8 Å². The number of hydrogen-bond donors (Lipinski definition) is 7. The van der Waals surface area contributed by atoms with Gasteiger partial charge in [0.25, 0.3) is 0 Å². The number of benzene rings is 8. The minimum Gasteiger partial charge on any atom is -0.497 e. The zero-order valence-corrected chi connectivity index (χ0v) is 56.4. The summed E-state index contributed by atoms with van der Waals surface area (Å²) >= 11 is 0. The normalized spacial score (nSPS) is 16.8. The molecule has 2 saturated heterocycles. The molecule has 4 aliphatic heterocycles. The van der Waals surface area contributed by atoms with E-state index in [9.17, 15) is 0 Å². The Bertz CT molecular complexity index is 3270. The highest BCUT2D eigenvalue weighted by Gasteiger charge is 2.17. The maximum Gasteiger partial charge on any atom is 0.149 e. The highest BCUT2D eigenvalue weighted by molar-refractivity contribution is 5.39. The number of rotatable bonds is 28. The summed E-state index contributed by atoms with van der Waals surface area (Å²) in [6.45, 7) is 10.3. The third-order valence-corrected chi connectivity index (χ3v) is 17.0. The number of para-hydroxylation sites is 4. The van der Waals surface area contributed by atoms with Crippen molar-refractivity contribution in [2.75, 3.05) is 107 Å². The second-order valence-electron chi connectivity index (χ2n) is 23.9. The summed E-state index contributed by atoms with van der Waals surface area (Å²) in [5.74, 6) is 7.48. The first-order valence-corrected chi connectivity index (χ1v) is 33.8. The minimum atomic E-state index is 0.0460. The third kappa shape index (κ3) is 24.8. The molecule has 0 aliphatic carbocycles. The van der Waals surface area contributed by atoms with Crippen LogP contribution in [0.2, 0.25) is 0 Å². The lowest BCUT2D eigenvalue weighted by atomic mass is 10.0. The van der Waals surface area contributed by atoms with Crippen LogP contribution in [0.5, 0.6) is 46.0 Å². The average Bonchev–Trinajstić information content (AvgIpc) is 1.40. The second-order valence-corrected chi connectivity index (χ2v) is 23.9. The van der Waals surface area contributed by atoms with E-state index in [1.165, 1.54) is 44.5 Å². The minimum absolute atomic E-state index is 0.0460. The van der Waals surface area contributed by atoms with Crippen molar-refractivity contribution in [2.45, 2.75) is 75.6 Å². The Labute approximate surface area is 569 Å². The molecule has 16 heteroatoms. The zero-order valence-electron chi connectivity index (χ0n) is 56.4. The molecule has 0 amide bonds. The van der Waals surface area contributed by atoms with Crippen molar-refractivity contribution in [3.8, 4) is 46.0 Å². The standard InChI is InChI=1S/2C20H26N2O2.C20H24N2O2.C20H23NO3/c3*1-23-19-10-7-16(8-11-19)6-9-17-4-2-3-5-20(17)24-15-18-14-21-12-13-22-18;1-22-18-10-7-16(8-11-18)6-9-17-4-2-3-5-20(17)24-15-19-14-21-12-13-23-19/h2*2-5,7-8,10-11,18,21-22H,6,9,12-15H2,1H3;2-5,7-8,10-13,18,21-22H,6,9,14-15H2,1H3;2-5,7-8,10-13,19,21H,6,9,14-15H2,1H3/t2*18-;;19-/m10.1/s1. The molecule has 0 spiro atoms. The van der Waals surface area contributed by atoms with Crippen molar-refractivity contribution >= 4 is 0 Å². The Hall–Kier alpha value is -9.32. The molecule has 7 N–H and O–H groups in total. The first-order valence-electron chi connectivity index (χ1n) is 33.8. The summed E-state index contributed by atoms with van der Waals surface area (Å²) in [5.41, 5.74) is 10.2. The van der Waals surface area contributed by atoms with Crippen molar-refractivity contribution in [1.29, 1.82) is 0 Å². The van der Waals surface area contributed by atoms with Crippen LogP contribution < -0.4 is 75.1 Å². The van der Waals surface area contributed by atoms with Crippen LogP contribution in [0.25, 0.3) is 0 Å². The second kappa shape index (κ2) is 40.8. The number of nitrogens with one attached hydrogen (secondary N) is 7. The fourth-order valence-corrected chi connectivity index (χ4v) is 11.3. The Balaban J connectivity index is 0.000000150. The monoisotopic (exact) mass is 1300 g/mol. The van der Waals surface area contributed by atoms with Crippen molar-refractivity contribution in [2.24, 2.45) is 0 Å². The molecule has 8 aromatic rings. The molecular weight excluding hydrogens is 1200 g/mol. The van der Waals surface area contributed by atoms with Gasteiger partial charge in [-0.3, -0.25) is 0 Å². The van der Waals surface area contributed by atoms with Crippen LogP contribution in [0.3, 0.4) is 0 Å². The van der Waals surface area contributed by atoms with E-state index in [-0.39, 0.29) is 6.10 Å². The van der Waals surface area contributed by atoms with Gasteiger partial charge in [-0.25, -0.2) is 0 Å². The van der Waals surface area contributed by atoms with E-state index in [0.29, 0.717) is 44.6 Å². The molecule has 8 aromatic carbocycles. The SMILES string of the molecule is COc1ccc(CCc2ccccc2OCC2CNC=CN2)cc1.COc1ccc(CCc2ccccc2OC[C@@H]2CNCCN2)cc1.COc1ccc(CCc2ccccc2OC[C@H]2CNC=CO2)cc1.COc1ccc(CCc2ccccc2OC[C@H]2CNCCN2)cc1. The lowest BCUT2D eigenvalue weighted by Gasteiger charge is -2.25. The lowest BCUT2D eigenvalue weighted by molar-refractivity contribution is 0.0797. The largest absolute Gasteiger partial charge is 0.497 e. The van der Waals surface area contributed by atoms with Gasteiger partial charge in [-0.2, -0.15) is 0 Å². The molecule has 96 heavy (non-hydrogen) atoms. The molecule has 12 rings (SSSR count). The number of aryl methyl sites for hydroxylation is 8. The first-order chi connectivity index (χ1) is 47.4. The number of piperazine rings is 2. The summed E-state index contributed by atoms with van der Waals surface area (Å²) in [4.78, 5) is 0. The van der Waals surface area contributed by atoms with Crippen LogP contribution in [0.4, 0.5) is 0 Å². The number of hydrogen-bond acceptors (Lipinski definition) is 16. The van der Waals surface area contributed by atoms with Gasteiger partial charge >= 0.3 is 0 Å². The van der Waals surface area contributed by atoms with Gasteiger partial charge in [0.2, 0.25) is 0 Å². The highest BCUT2D eigenvalue weighted by Crippen LogP contribution is 2.26. The number of methoxy groups -OCH3 is 4. The van der Waals surface area contributed by atoms with Gasteiger partial charge in [0.05, 0.1) is 59.4 Å². The van der Waals surface area contributed by atoms with Crippen LogP contribution in [0.1, 0.15) is 44.5 Å². The van der Waals surface area contributed by atoms with E-state index in [1.807, 2.05) is 91.3 Å². The summed E-state index contributed by atoms with van der Waals surface area (Å²) in [6.07, 6.45) is 15.1. The van der Waals surface area contributed by atoms with Crippen LogP contribution in [-0.2, 0) is 56.1 Å². The van der Waals surface area contributed by atoms with E-state index >= 15 is 0 Å². The topological polar surface area (TPSA) is 167 Å². The van der Waals surface area contributed by atoms with Crippen molar-refractivity contribution in [1.82, 2.24) is 37.2 Å². The molecule has 2 fully saturated rings. The van der Waals surface area contributed by atoms with Crippen molar-refractivity contribution in [3.63, 3.8) is 0 Å². The van der Waals surface area contributed by atoms with E-state index in [2.05, 4.69) is 152 Å². The lowest BCUT2D eigenvalue weighted by Crippen LogP contribution is -2.51. The van der Waals surface area contributed by atoms with Crippen LogP contribution >= 0.6 is 0 Å². The molecule has 4 heterocycles. The van der Waals surface area contributed by atoms with Crippen molar-refractivity contribution in [3.05, 3.63) is 263 Å². The fourth-order valence-electron chi connectivity index (χ4n) is 11.3. The Morgan fingerprint density at radius 3 is 0.958 bits per heavy atom. The third-order valence-electron chi connectivity index (χ3n) is 17.0. The first kappa shape index (κ1) is 71.0. The molecule has 1 unspecified atom stereocenters. The Morgan fingerprint density at radius 1 is 0.323 bits per heavy atom. The molecule has 0 aromatic heterocycles. The average molecular weight is 1300 g/mol. The molecule has 4 aliphatic rings. The molecule has 0 radical (unpaired) electrons. The van der Waals surface area contributed by atoms with E-state index in [0.717, 1.165) is 150 Å². The molecular formula is C80H99N7O9. The van der Waals surface area contributed by atoms with Gasteiger partial charge in [0.15, 0.2) is 0 Å². The van der Waals surface area contributed by atoms with E-state index in [1.54, 1.807) is 40.9 Å². The smallest absolute Gasteiger partial charge is 0.149 e. The zero-order chi connectivity index (χ0) is 66.5. The highest BCUT2D eigenvalue weighted by atomic mass is 16.5. The summed E-state index contributed by atoms with van der Waals surface area (Å²) in [7, 11) is 6.76. The predicted octanol–water partition coefficient (Wildman–Crippen LogP) is 11.1. The van der Waals surface area contributed by atoms with Gasteiger partial charge in [-0.1, -0.05) is 121 Å². The molecule has 0 bridgehead atoms. The van der Waals surface area contributed by atoms with E-state index < -0.39 is 0 Å². The summed E-state index contributed by atoms with van der Waals surface area (Å²) in [6, 6.07) is 67.3. The molecule has 16 nitrogen and oxygen atoms in total. The Morgan fingerprint density at radius 2 is 0.656 bits per heavy atom. The maximum atomic E-state index is 6.08. The van der Waals surface area contributed by atoms with Crippen molar-refractivity contribution < 1.29 is 42.6 Å². The fraction of sp³-hybridized carbons (Fsp3) is 0.350. The Kier molecular flexibility index (Phi) is 30.2. The van der Waals surface area contributed by atoms with Crippen LogP contribution in [-0.4, -0.2) is 131 Å². The van der Waals surface area contributed by atoms with Gasteiger partial charge in [0.1, 0.15) is 78.5 Å². The van der Waals surface area contributed by atoms with Crippen LogP contribution in [0.15, 0.2) is 219 Å². The molecule has 0 saturated carbocycles. The summed E-state index contributed by atoms with van der Waals surface area (Å²) < 4.78 is 50.5. The molecule has 508 valence electrons. The molecule has 4 atom stereocenters. The number of ether oxygens (including phenoxy) is 9. The summed E-state index contributed by atoms with van der Waals surface area (Å²) in [5, 5.41) is 23.4. The maximum absolute atomic E-state index is 6.08. The van der Waals surface area contributed by atoms with Crippen LogP contribution in [0, 0.1) is 0 Å². The van der Waals surface area contributed by atoms with Gasteiger partial charge in [0, 0.05) is 64.4 Å².